The molecular weight excluding hydrogens is 224 g/mol. The molecule has 1 aliphatic carbocycles. The number of rotatable bonds is 6. The number of nitrogens with zero attached hydrogens (tertiary/aromatic N) is 2. The standard InChI is InChI=1S/C15H30N2O/c1-3-17(4-2)14-9-11-16(12-14)10-8-13-6-5-7-15(13)18/h13-15,18H,3-12H2,1-2H3. The molecule has 0 aromatic rings. The first-order valence-corrected chi connectivity index (χ1v) is 7.89. The summed E-state index contributed by atoms with van der Waals surface area (Å²) in [6, 6.07) is 0.772. The number of aliphatic hydroxyl groups is 1. The summed E-state index contributed by atoms with van der Waals surface area (Å²) in [5.74, 6) is 0.581. The monoisotopic (exact) mass is 254 g/mol. The molecular formula is C15H30N2O. The summed E-state index contributed by atoms with van der Waals surface area (Å²) in [5.41, 5.74) is 0. The largest absolute Gasteiger partial charge is 0.393 e. The second kappa shape index (κ2) is 6.88. The van der Waals surface area contributed by atoms with Crippen LogP contribution < -0.4 is 0 Å². The fourth-order valence-corrected chi connectivity index (χ4v) is 3.76. The minimum atomic E-state index is -0.00816. The van der Waals surface area contributed by atoms with Gasteiger partial charge in [-0.25, -0.2) is 0 Å². The van der Waals surface area contributed by atoms with Gasteiger partial charge in [-0.2, -0.15) is 0 Å². The Bertz CT molecular complexity index is 243. The summed E-state index contributed by atoms with van der Waals surface area (Å²) in [7, 11) is 0. The number of likely N-dealkylation sites (tertiary alicyclic amines) is 1. The van der Waals surface area contributed by atoms with Crippen LogP contribution in [-0.2, 0) is 0 Å². The summed E-state index contributed by atoms with van der Waals surface area (Å²) in [4.78, 5) is 5.19. The van der Waals surface area contributed by atoms with E-state index in [1.54, 1.807) is 0 Å². The predicted octanol–water partition coefficient (Wildman–Crippen LogP) is 1.95. The third-order valence-electron chi connectivity index (χ3n) is 5.01. The molecule has 1 saturated carbocycles. The molecule has 0 spiro atoms. The van der Waals surface area contributed by atoms with Crippen LogP contribution in [0.4, 0.5) is 0 Å². The van der Waals surface area contributed by atoms with Crippen LogP contribution in [-0.4, -0.2) is 59.8 Å². The minimum absolute atomic E-state index is 0.00816. The fraction of sp³-hybridized carbons (Fsp3) is 1.00. The molecule has 0 amide bonds. The number of hydrogen-bond donors (Lipinski definition) is 1. The molecule has 3 heteroatoms. The van der Waals surface area contributed by atoms with Gasteiger partial charge in [0, 0.05) is 12.6 Å². The van der Waals surface area contributed by atoms with Gasteiger partial charge in [0.2, 0.25) is 0 Å². The van der Waals surface area contributed by atoms with E-state index < -0.39 is 0 Å². The van der Waals surface area contributed by atoms with Crippen LogP contribution in [0.2, 0.25) is 0 Å². The van der Waals surface area contributed by atoms with Crippen molar-refractivity contribution in [1.29, 1.82) is 0 Å². The third kappa shape index (κ3) is 3.46. The first-order valence-electron chi connectivity index (χ1n) is 7.89. The molecule has 18 heavy (non-hydrogen) atoms. The van der Waals surface area contributed by atoms with E-state index in [9.17, 15) is 5.11 Å². The molecule has 2 rings (SSSR count). The van der Waals surface area contributed by atoms with Gasteiger partial charge in [-0.05, 0) is 57.8 Å². The van der Waals surface area contributed by atoms with E-state index >= 15 is 0 Å². The van der Waals surface area contributed by atoms with Crippen molar-refractivity contribution < 1.29 is 5.11 Å². The molecule has 0 aromatic heterocycles. The van der Waals surface area contributed by atoms with Crippen LogP contribution in [0.3, 0.4) is 0 Å². The van der Waals surface area contributed by atoms with E-state index in [0.717, 1.165) is 12.5 Å². The Morgan fingerprint density at radius 3 is 2.56 bits per heavy atom. The van der Waals surface area contributed by atoms with Crippen LogP contribution >= 0.6 is 0 Å². The van der Waals surface area contributed by atoms with E-state index in [2.05, 4.69) is 23.6 Å². The summed E-state index contributed by atoms with van der Waals surface area (Å²) >= 11 is 0. The lowest BCUT2D eigenvalue weighted by Crippen LogP contribution is -2.37. The summed E-state index contributed by atoms with van der Waals surface area (Å²) < 4.78 is 0. The van der Waals surface area contributed by atoms with Crippen molar-refractivity contribution >= 4 is 0 Å². The van der Waals surface area contributed by atoms with Gasteiger partial charge in [0.05, 0.1) is 6.10 Å². The van der Waals surface area contributed by atoms with Gasteiger partial charge in [0.1, 0.15) is 0 Å². The number of aliphatic hydroxyl groups excluding tert-OH is 1. The third-order valence-corrected chi connectivity index (χ3v) is 5.01. The number of hydrogen-bond acceptors (Lipinski definition) is 3. The smallest absolute Gasteiger partial charge is 0.0568 e. The van der Waals surface area contributed by atoms with E-state index in [1.807, 2.05) is 0 Å². The van der Waals surface area contributed by atoms with Crippen molar-refractivity contribution in [3.05, 3.63) is 0 Å². The Morgan fingerprint density at radius 1 is 1.17 bits per heavy atom. The zero-order valence-corrected chi connectivity index (χ0v) is 12.1. The summed E-state index contributed by atoms with van der Waals surface area (Å²) in [6.07, 6.45) is 6.03. The molecule has 1 heterocycles. The first-order chi connectivity index (χ1) is 8.74. The Hall–Kier alpha value is -0.120. The van der Waals surface area contributed by atoms with Gasteiger partial charge in [0.25, 0.3) is 0 Å². The zero-order valence-electron chi connectivity index (χ0n) is 12.1. The van der Waals surface area contributed by atoms with E-state index in [0.29, 0.717) is 5.92 Å². The highest BCUT2D eigenvalue weighted by Crippen LogP contribution is 2.29. The Kier molecular flexibility index (Phi) is 5.46. The molecule has 0 aromatic carbocycles. The van der Waals surface area contributed by atoms with Crippen LogP contribution in [0.1, 0.15) is 46.0 Å². The molecule has 3 nitrogen and oxygen atoms in total. The van der Waals surface area contributed by atoms with Crippen LogP contribution in [0, 0.1) is 5.92 Å². The van der Waals surface area contributed by atoms with E-state index in [4.69, 9.17) is 0 Å². The molecule has 1 saturated heterocycles. The van der Waals surface area contributed by atoms with Crippen LogP contribution in [0.25, 0.3) is 0 Å². The predicted molar refractivity (Wildman–Crippen MR) is 75.7 cm³/mol. The van der Waals surface area contributed by atoms with Gasteiger partial charge in [-0.3, -0.25) is 4.90 Å². The second-order valence-corrected chi connectivity index (χ2v) is 6.01. The van der Waals surface area contributed by atoms with Crippen LogP contribution in [0.15, 0.2) is 0 Å². The lowest BCUT2D eigenvalue weighted by molar-refractivity contribution is 0.119. The maximum Gasteiger partial charge on any atom is 0.0568 e. The Labute approximate surface area is 112 Å². The molecule has 1 N–H and O–H groups in total. The SMILES string of the molecule is CCN(CC)C1CCN(CCC2CCCC2O)C1. The molecule has 0 bridgehead atoms. The maximum atomic E-state index is 9.85. The molecule has 3 unspecified atom stereocenters. The molecule has 2 fully saturated rings. The van der Waals surface area contributed by atoms with E-state index in [1.165, 1.54) is 58.4 Å². The van der Waals surface area contributed by atoms with E-state index in [-0.39, 0.29) is 6.10 Å². The van der Waals surface area contributed by atoms with Crippen molar-refractivity contribution in [2.24, 2.45) is 5.92 Å². The fourth-order valence-electron chi connectivity index (χ4n) is 3.76. The average Bonchev–Trinajstić information content (AvgIpc) is 2.98. The van der Waals surface area contributed by atoms with Crippen molar-refractivity contribution in [2.75, 3.05) is 32.7 Å². The van der Waals surface area contributed by atoms with Crippen molar-refractivity contribution in [1.82, 2.24) is 9.80 Å². The highest BCUT2D eigenvalue weighted by atomic mass is 16.3. The summed E-state index contributed by atoms with van der Waals surface area (Å²) in [6.45, 7) is 10.6. The van der Waals surface area contributed by atoms with Gasteiger partial charge in [-0.15, -0.1) is 0 Å². The molecule has 1 aliphatic heterocycles. The molecule has 2 aliphatic rings. The molecule has 106 valence electrons. The molecule has 3 atom stereocenters. The highest BCUT2D eigenvalue weighted by molar-refractivity contribution is 4.84. The summed E-state index contributed by atoms with van der Waals surface area (Å²) in [5, 5.41) is 9.85. The van der Waals surface area contributed by atoms with Gasteiger partial charge in [0.15, 0.2) is 0 Å². The van der Waals surface area contributed by atoms with Crippen molar-refractivity contribution in [2.45, 2.75) is 58.1 Å². The van der Waals surface area contributed by atoms with Crippen molar-refractivity contribution in [3.63, 3.8) is 0 Å². The normalized spacial score (nSPS) is 33.7. The highest BCUT2D eigenvalue weighted by Gasteiger charge is 2.29. The Balaban J connectivity index is 1.69. The second-order valence-electron chi connectivity index (χ2n) is 6.01. The molecule has 0 radical (unpaired) electrons. The quantitative estimate of drug-likeness (QED) is 0.785. The number of likely N-dealkylation sites (N-methyl/N-ethyl adjacent to an activating group) is 1. The van der Waals surface area contributed by atoms with Crippen molar-refractivity contribution in [3.8, 4) is 0 Å². The average molecular weight is 254 g/mol. The minimum Gasteiger partial charge on any atom is -0.393 e. The van der Waals surface area contributed by atoms with Gasteiger partial charge in [-0.1, -0.05) is 20.3 Å². The topological polar surface area (TPSA) is 26.7 Å². The lowest BCUT2D eigenvalue weighted by atomic mass is 10.0. The van der Waals surface area contributed by atoms with Crippen LogP contribution in [0.5, 0.6) is 0 Å². The zero-order chi connectivity index (χ0) is 13.0. The lowest BCUT2D eigenvalue weighted by Gasteiger charge is -2.26. The maximum absolute atomic E-state index is 9.85. The van der Waals surface area contributed by atoms with Gasteiger partial charge >= 0.3 is 0 Å². The van der Waals surface area contributed by atoms with Gasteiger partial charge < -0.3 is 10.0 Å². The Morgan fingerprint density at radius 2 is 1.94 bits per heavy atom. The first kappa shape index (κ1) is 14.3.